The van der Waals surface area contributed by atoms with E-state index in [9.17, 15) is 4.79 Å². The summed E-state index contributed by atoms with van der Waals surface area (Å²) in [6, 6.07) is 9.20. The zero-order valence-electron chi connectivity index (χ0n) is 13.2. The molecule has 1 unspecified atom stereocenters. The maximum absolute atomic E-state index is 12.5. The molecule has 0 aliphatic heterocycles. The molecule has 0 fully saturated rings. The van der Waals surface area contributed by atoms with E-state index in [2.05, 4.69) is 15.3 Å². The molecule has 1 N–H and O–H groups in total. The van der Waals surface area contributed by atoms with E-state index in [1.54, 1.807) is 18.5 Å². The van der Waals surface area contributed by atoms with E-state index in [-0.39, 0.29) is 11.9 Å². The normalized spacial score (nSPS) is 12.3. The third-order valence-corrected chi connectivity index (χ3v) is 4.01. The molecule has 0 saturated heterocycles. The Hall–Kier alpha value is -2.40. The fourth-order valence-electron chi connectivity index (χ4n) is 2.54. The summed E-state index contributed by atoms with van der Waals surface area (Å²) in [5.74, 6) is -0.243. The molecule has 2 heterocycles. The first-order valence-electron chi connectivity index (χ1n) is 7.33. The molecule has 1 atom stereocenters. The molecule has 3 aromatic rings. The third kappa shape index (κ3) is 3.05. The summed E-state index contributed by atoms with van der Waals surface area (Å²) in [7, 11) is 0. The number of hydrogen-bond acceptors (Lipinski definition) is 3. The monoisotopic (exact) mass is 328 g/mol. The second kappa shape index (κ2) is 6.01. The number of carbonyl (C=O) groups excluding carboxylic acids is 1. The minimum absolute atomic E-state index is 0.151. The van der Waals surface area contributed by atoms with Gasteiger partial charge < -0.3 is 5.32 Å². The first-order chi connectivity index (χ1) is 11.0. The van der Waals surface area contributed by atoms with Gasteiger partial charge in [-0.2, -0.15) is 0 Å². The van der Waals surface area contributed by atoms with Crippen molar-refractivity contribution >= 4 is 23.2 Å². The van der Waals surface area contributed by atoms with Gasteiger partial charge in [0.05, 0.1) is 6.04 Å². The number of nitrogens with one attached hydrogen (secondary N) is 1. The van der Waals surface area contributed by atoms with Crippen LogP contribution in [0.5, 0.6) is 0 Å². The summed E-state index contributed by atoms with van der Waals surface area (Å²) in [5, 5.41) is 3.62. The first kappa shape index (κ1) is 15.5. The molecule has 1 aromatic carbocycles. The van der Waals surface area contributed by atoms with Crippen LogP contribution < -0.4 is 5.32 Å². The van der Waals surface area contributed by atoms with Gasteiger partial charge in [-0.25, -0.2) is 9.97 Å². The van der Waals surface area contributed by atoms with Gasteiger partial charge in [-0.05, 0) is 44.5 Å². The van der Waals surface area contributed by atoms with Crippen LogP contribution in [-0.2, 0) is 0 Å². The summed E-state index contributed by atoms with van der Waals surface area (Å²) < 4.78 is 1.81. The fraction of sp³-hybridized carbons (Fsp3) is 0.235. The molecule has 118 valence electrons. The number of carbonyl (C=O) groups is 1. The van der Waals surface area contributed by atoms with Crippen molar-refractivity contribution in [3.05, 3.63) is 64.3 Å². The number of imidazole rings is 1. The van der Waals surface area contributed by atoms with E-state index >= 15 is 0 Å². The standard InChI is InChI=1S/C17H17ClN4O/c1-10-8-11(2)22-9-19-15(16(22)20-10)17(23)21-12(3)13-4-6-14(18)7-5-13/h4-9,12H,1-3H3,(H,21,23). The average molecular weight is 329 g/mol. The molecule has 2 aromatic heterocycles. The van der Waals surface area contributed by atoms with Gasteiger partial charge >= 0.3 is 0 Å². The Labute approximate surface area is 139 Å². The molecule has 0 radical (unpaired) electrons. The molecule has 6 heteroatoms. The van der Waals surface area contributed by atoms with E-state index in [0.717, 1.165) is 17.0 Å². The largest absolute Gasteiger partial charge is 0.344 e. The van der Waals surface area contributed by atoms with Crippen LogP contribution in [0.2, 0.25) is 5.02 Å². The lowest BCUT2D eigenvalue weighted by molar-refractivity contribution is 0.0937. The molecule has 3 rings (SSSR count). The highest BCUT2D eigenvalue weighted by molar-refractivity contribution is 6.30. The molecule has 23 heavy (non-hydrogen) atoms. The fourth-order valence-corrected chi connectivity index (χ4v) is 2.66. The minimum atomic E-state index is -0.243. The number of hydrogen-bond donors (Lipinski definition) is 1. The van der Waals surface area contributed by atoms with E-state index in [0.29, 0.717) is 16.4 Å². The van der Waals surface area contributed by atoms with Crippen molar-refractivity contribution in [3.63, 3.8) is 0 Å². The lowest BCUT2D eigenvalue weighted by Crippen LogP contribution is -2.27. The molecule has 5 nitrogen and oxygen atoms in total. The van der Waals surface area contributed by atoms with Gasteiger partial charge in [0.2, 0.25) is 0 Å². The highest BCUT2D eigenvalue weighted by Gasteiger charge is 2.18. The lowest BCUT2D eigenvalue weighted by Gasteiger charge is -2.13. The Morgan fingerprint density at radius 3 is 2.65 bits per heavy atom. The number of aryl methyl sites for hydroxylation is 2. The maximum Gasteiger partial charge on any atom is 0.274 e. The van der Waals surface area contributed by atoms with Crippen molar-refractivity contribution < 1.29 is 4.79 Å². The minimum Gasteiger partial charge on any atom is -0.344 e. The van der Waals surface area contributed by atoms with Gasteiger partial charge in [-0.15, -0.1) is 0 Å². The summed E-state index contributed by atoms with van der Waals surface area (Å²) in [4.78, 5) is 21.2. The Kier molecular flexibility index (Phi) is 4.05. The first-order valence-corrected chi connectivity index (χ1v) is 7.71. The quantitative estimate of drug-likeness (QED) is 0.800. The van der Waals surface area contributed by atoms with Crippen LogP contribution >= 0.6 is 11.6 Å². The number of rotatable bonds is 3. The lowest BCUT2D eigenvalue weighted by atomic mass is 10.1. The predicted molar refractivity (Wildman–Crippen MR) is 89.8 cm³/mol. The smallest absolute Gasteiger partial charge is 0.274 e. The average Bonchev–Trinajstić information content (AvgIpc) is 2.91. The molecule has 0 spiro atoms. The number of amides is 1. The molecule has 0 saturated carbocycles. The van der Waals surface area contributed by atoms with Crippen molar-refractivity contribution in [1.82, 2.24) is 19.7 Å². The summed E-state index contributed by atoms with van der Waals surface area (Å²) in [6.45, 7) is 5.78. The van der Waals surface area contributed by atoms with Gasteiger partial charge in [-0.1, -0.05) is 23.7 Å². The van der Waals surface area contributed by atoms with Gasteiger partial charge in [0.1, 0.15) is 6.33 Å². The number of halogens is 1. The molecule has 1 amide bonds. The summed E-state index contributed by atoms with van der Waals surface area (Å²) in [6.07, 6.45) is 1.62. The van der Waals surface area contributed by atoms with Crippen molar-refractivity contribution in [2.75, 3.05) is 0 Å². The Bertz CT molecular complexity index is 870. The van der Waals surface area contributed by atoms with Crippen LogP contribution in [0.3, 0.4) is 0 Å². The van der Waals surface area contributed by atoms with Crippen LogP contribution in [0.15, 0.2) is 36.7 Å². The van der Waals surface area contributed by atoms with Gasteiger partial charge in [0.25, 0.3) is 5.91 Å². The van der Waals surface area contributed by atoms with E-state index < -0.39 is 0 Å². The topological polar surface area (TPSA) is 59.3 Å². The van der Waals surface area contributed by atoms with E-state index in [1.807, 2.05) is 43.4 Å². The van der Waals surface area contributed by atoms with Crippen LogP contribution in [0.25, 0.3) is 5.65 Å². The molecule has 0 aliphatic rings. The summed E-state index contributed by atoms with van der Waals surface area (Å²) in [5.41, 5.74) is 3.73. The van der Waals surface area contributed by atoms with Crippen molar-refractivity contribution in [2.45, 2.75) is 26.8 Å². The van der Waals surface area contributed by atoms with Crippen LogP contribution in [0.1, 0.15) is 40.4 Å². The molecular formula is C17H17ClN4O. The van der Waals surface area contributed by atoms with Gasteiger partial charge in [0, 0.05) is 16.4 Å². The van der Waals surface area contributed by atoms with Crippen molar-refractivity contribution in [1.29, 1.82) is 0 Å². The Morgan fingerprint density at radius 2 is 1.96 bits per heavy atom. The van der Waals surface area contributed by atoms with Gasteiger partial charge in [0.15, 0.2) is 11.3 Å². The van der Waals surface area contributed by atoms with Crippen molar-refractivity contribution in [3.8, 4) is 0 Å². The second-order valence-corrected chi connectivity index (χ2v) is 6.01. The predicted octanol–water partition coefficient (Wildman–Crippen LogP) is 3.49. The van der Waals surface area contributed by atoms with Crippen molar-refractivity contribution in [2.24, 2.45) is 0 Å². The number of fused-ring (bicyclic) bond motifs is 1. The Morgan fingerprint density at radius 1 is 1.26 bits per heavy atom. The van der Waals surface area contributed by atoms with Crippen LogP contribution in [0.4, 0.5) is 0 Å². The van der Waals surface area contributed by atoms with E-state index in [1.165, 1.54) is 0 Å². The highest BCUT2D eigenvalue weighted by atomic mass is 35.5. The van der Waals surface area contributed by atoms with Crippen LogP contribution in [-0.4, -0.2) is 20.3 Å². The molecule has 0 bridgehead atoms. The Balaban J connectivity index is 1.87. The summed E-state index contributed by atoms with van der Waals surface area (Å²) >= 11 is 5.89. The number of nitrogens with zero attached hydrogens (tertiary/aromatic N) is 3. The van der Waals surface area contributed by atoms with Crippen LogP contribution in [0, 0.1) is 13.8 Å². The van der Waals surface area contributed by atoms with Gasteiger partial charge in [-0.3, -0.25) is 9.20 Å². The second-order valence-electron chi connectivity index (χ2n) is 5.57. The molecular weight excluding hydrogens is 312 g/mol. The highest BCUT2D eigenvalue weighted by Crippen LogP contribution is 2.17. The zero-order chi connectivity index (χ0) is 16.6. The SMILES string of the molecule is Cc1cc(C)n2cnc(C(=O)NC(C)c3ccc(Cl)cc3)c2n1. The third-order valence-electron chi connectivity index (χ3n) is 3.75. The molecule has 0 aliphatic carbocycles. The zero-order valence-corrected chi connectivity index (χ0v) is 13.9. The van der Waals surface area contributed by atoms with E-state index in [4.69, 9.17) is 11.6 Å². The maximum atomic E-state index is 12.5. The number of benzene rings is 1. The number of aromatic nitrogens is 3.